The molecule has 1 saturated heterocycles. The van der Waals surface area contributed by atoms with E-state index in [9.17, 15) is 13.2 Å². The van der Waals surface area contributed by atoms with Gasteiger partial charge in [-0.25, -0.2) is 8.42 Å². The summed E-state index contributed by atoms with van der Waals surface area (Å²) in [7, 11) is -3.58. The number of benzene rings is 3. The Hall–Kier alpha value is -2.99. The van der Waals surface area contributed by atoms with Gasteiger partial charge in [-0.3, -0.25) is 9.36 Å². The van der Waals surface area contributed by atoms with Gasteiger partial charge in [-0.1, -0.05) is 48.2 Å². The third kappa shape index (κ3) is 5.70. The molecule has 0 spiro atoms. The number of nitrogens with one attached hydrogen (secondary N) is 1. The van der Waals surface area contributed by atoms with Crippen molar-refractivity contribution in [2.24, 2.45) is 0 Å². The van der Waals surface area contributed by atoms with Gasteiger partial charge in [0.1, 0.15) is 0 Å². The standard InChI is InChI=1S/C27H26BrN5O3S2/c1-19-12-13-24(23(28)16-19)29-25(34)18-37-27-31-30-26(33(27)21-9-3-2-4-10-21)20-8-7-11-22(17-20)38(35,36)32-14-5-6-15-32/h2-4,7-13,16-17H,5-6,14-15,18H2,1H3,(H,29,34). The highest BCUT2D eigenvalue weighted by Crippen LogP contribution is 2.31. The minimum Gasteiger partial charge on any atom is -0.324 e. The Morgan fingerprint density at radius 2 is 1.76 bits per heavy atom. The summed E-state index contributed by atoms with van der Waals surface area (Å²) in [6.45, 7) is 3.06. The van der Waals surface area contributed by atoms with Gasteiger partial charge in [-0.05, 0) is 77.7 Å². The molecule has 196 valence electrons. The predicted octanol–water partition coefficient (Wildman–Crippen LogP) is 5.52. The van der Waals surface area contributed by atoms with Crippen LogP contribution in [0.4, 0.5) is 5.69 Å². The maximum absolute atomic E-state index is 13.2. The molecule has 1 amide bonds. The average molecular weight is 613 g/mol. The van der Waals surface area contributed by atoms with Crippen LogP contribution in [0.2, 0.25) is 0 Å². The Morgan fingerprint density at radius 1 is 1.00 bits per heavy atom. The number of hydrogen-bond donors (Lipinski definition) is 1. The number of carbonyl (C=O) groups is 1. The molecule has 5 rings (SSSR count). The van der Waals surface area contributed by atoms with Crippen molar-refractivity contribution in [1.82, 2.24) is 19.1 Å². The van der Waals surface area contributed by atoms with Crippen molar-refractivity contribution in [1.29, 1.82) is 0 Å². The summed E-state index contributed by atoms with van der Waals surface area (Å²) in [6.07, 6.45) is 1.74. The summed E-state index contributed by atoms with van der Waals surface area (Å²) in [4.78, 5) is 13.0. The monoisotopic (exact) mass is 611 g/mol. The molecule has 11 heteroatoms. The number of aryl methyl sites for hydroxylation is 1. The maximum atomic E-state index is 13.2. The van der Waals surface area contributed by atoms with Gasteiger partial charge in [0, 0.05) is 28.8 Å². The van der Waals surface area contributed by atoms with E-state index in [0.717, 1.165) is 28.6 Å². The number of hydrogen-bond acceptors (Lipinski definition) is 6. The van der Waals surface area contributed by atoms with Gasteiger partial charge in [0.05, 0.1) is 16.3 Å². The Balaban J connectivity index is 1.44. The lowest BCUT2D eigenvalue weighted by Crippen LogP contribution is -2.27. The number of amides is 1. The van der Waals surface area contributed by atoms with Crippen LogP contribution in [0.5, 0.6) is 0 Å². The van der Waals surface area contributed by atoms with Crippen LogP contribution < -0.4 is 5.32 Å². The van der Waals surface area contributed by atoms with Crippen molar-refractivity contribution in [3.8, 4) is 17.1 Å². The van der Waals surface area contributed by atoms with E-state index >= 15 is 0 Å². The molecule has 0 radical (unpaired) electrons. The van der Waals surface area contributed by atoms with Crippen molar-refractivity contribution in [3.05, 3.63) is 82.8 Å². The van der Waals surface area contributed by atoms with Crippen LogP contribution in [-0.4, -0.2) is 52.2 Å². The Morgan fingerprint density at radius 3 is 2.50 bits per heavy atom. The first kappa shape index (κ1) is 26.6. The summed E-state index contributed by atoms with van der Waals surface area (Å²) in [5.74, 6) is 0.440. The number of nitrogens with zero attached hydrogens (tertiary/aromatic N) is 4. The smallest absolute Gasteiger partial charge is 0.243 e. The average Bonchev–Trinajstić information content (AvgIpc) is 3.61. The normalized spacial score (nSPS) is 14.1. The highest BCUT2D eigenvalue weighted by molar-refractivity contribution is 9.10. The number of thioether (sulfide) groups is 1. The molecule has 1 aromatic heterocycles. The first-order valence-corrected chi connectivity index (χ1v) is 15.3. The van der Waals surface area contributed by atoms with Gasteiger partial charge in [-0.15, -0.1) is 10.2 Å². The molecule has 3 aromatic carbocycles. The lowest BCUT2D eigenvalue weighted by atomic mass is 10.2. The fourth-order valence-corrected chi connectivity index (χ4v) is 7.18. The highest BCUT2D eigenvalue weighted by atomic mass is 79.9. The molecule has 0 saturated carbocycles. The molecule has 0 bridgehead atoms. The van der Waals surface area contributed by atoms with Crippen molar-refractivity contribution in [2.75, 3.05) is 24.2 Å². The minimum atomic E-state index is -3.58. The molecular formula is C27H26BrN5O3S2. The van der Waals surface area contributed by atoms with E-state index in [1.807, 2.05) is 66.1 Å². The van der Waals surface area contributed by atoms with E-state index in [1.54, 1.807) is 18.2 Å². The summed E-state index contributed by atoms with van der Waals surface area (Å²) in [5.41, 5.74) is 3.22. The third-order valence-corrected chi connectivity index (χ3v) is 9.65. The van der Waals surface area contributed by atoms with Crippen LogP contribution in [0.1, 0.15) is 18.4 Å². The summed E-state index contributed by atoms with van der Waals surface area (Å²) >= 11 is 4.75. The summed E-state index contributed by atoms with van der Waals surface area (Å²) < 4.78 is 30.5. The van der Waals surface area contributed by atoms with E-state index < -0.39 is 10.0 Å². The number of aromatic nitrogens is 3. The van der Waals surface area contributed by atoms with Crippen LogP contribution >= 0.6 is 27.7 Å². The van der Waals surface area contributed by atoms with Crippen molar-refractivity contribution >= 4 is 49.3 Å². The van der Waals surface area contributed by atoms with Crippen LogP contribution in [0.3, 0.4) is 0 Å². The molecule has 2 heterocycles. The van der Waals surface area contributed by atoms with Crippen molar-refractivity contribution in [2.45, 2.75) is 29.8 Å². The lowest BCUT2D eigenvalue weighted by Gasteiger charge is -2.16. The lowest BCUT2D eigenvalue weighted by molar-refractivity contribution is -0.113. The van der Waals surface area contributed by atoms with E-state index in [4.69, 9.17) is 0 Å². The maximum Gasteiger partial charge on any atom is 0.243 e. The number of sulfonamides is 1. The van der Waals surface area contributed by atoms with E-state index in [-0.39, 0.29) is 16.6 Å². The second-order valence-electron chi connectivity index (χ2n) is 8.94. The fraction of sp³-hybridized carbons (Fsp3) is 0.222. The van der Waals surface area contributed by atoms with Gasteiger partial charge in [0.2, 0.25) is 15.9 Å². The second-order valence-corrected chi connectivity index (χ2v) is 12.7. The Bertz CT molecular complexity index is 1570. The van der Waals surface area contributed by atoms with E-state index in [0.29, 0.717) is 35.3 Å². The van der Waals surface area contributed by atoms with Crippen molar-refractivity contribution in [3.63, 3.8) is 0 Å². The number of halogens is 1. The highest BCUT2D eigenvalue weighted by Gasteiger charge is 2.28. The molecule has 1 aliphatic rings. The van der Waals surface area contributed by atoms with Gasteiger partial charge in [0.15, 0.2) is 11.0 Å². The Labute approximate surface area is 234 Å². The summed E-state index contributed by atoms with van der Waals surface area (Å²) in [5, 5.41) is 12.2. The molecule has 1 aliphatic heterocycles. The molecule has 0 unspecified atom stereocenters. The topological polar surface area (TPSA) is 97.2 Å². The predicted molar refractivity (Wildman–Crippen MR) is 153 cm³/mol. The number of anilines is 1. The Kier molecular flexibility index (Phi) is 7.98. The van der Waals surface area contributed by atoms with Gasteiger partial charge in [0.25, 0.3) is 0 Å². The number of carbonyl (C=O) groups excluding carboxylic acids is 1. The number of para-hydroxylation sites is 1. The fourth-order valence-electron chi connectivity index (χ4n) is 4.27. The molecule has 8 nitrogen and oxygen atoms in total. The zero-order valence-electron chi connectivity index (χ0n) is 20.7. The third-order valence-electron chi connectivity index (χ3n) is 6.17. The zero-order chi connectivity index (χ0) is 26.7. The first-order valence-electron chi connectivity index (χ1n) is 12.1. The van der Waals surface area contributed by atoms with Crippen molar-refractivity contribution < 1.29 is 13.2 Å². The quantitative estimate of drug-likeness (QED) is 0.263. The summed E-state index contributed by atoms with van der Waals surface area (Å²) in [6, 6.07) is 22.1. The minimum absolute atomic E-state index is 0.120. The zero-order valence-corrected chi connectivity index (χ0v) is 23.9. The SMILES string of the molecule is Cc1ccc(NC(=O)CSc2nnc(-c3cccc(S(=O)(=O)N4CCCC4)c3)n2-c2ccccc2)c(Br)c1. The molecule has 38 heavy (non-hydrogen) atoms. The molecule has 4 aromatic rings. The van der Waals surface area contributed by atoms with Crippen LogP contribution in [0.15, 0.2) is 87.3 Å². The van der Waals surface area contributed by atoms with Gasteiger partial charge >= 0.3 is 0 Å². The van der Waals surface area contributed by atoms with Crippen LogP contribution in [0.25, 0.3) is 17.1 Å². The largest absolute Gasteiger partial charge is 0.324 e. The van der Waals surface area contributed by atoms with E-state index in [1.165, 1.54) is 16.1 Å². The van der Waals surface area contributed by atoms with Crippen LogP contribution in [0, 0.1) is 6.92 Å². The number of rotatable bonds is 8. The van der Waals surface area contributed by atoms with Crippen LogP contribution in [-0.2, 0) is 14.8 Å². The molecule has 0 atom stereocenters. The molecule has 1 fully saturated rings. The van der Waals surface area contributed by atoms with Gasteiger partial charge in [-0.2, -0.15) is 4.31 Å². The second kappa shape index (κ2) is 11.4. The van der Waals surface area contributed by atoms with E-state index in [2.05, 4.69) is 31.4 Å². The molecular weight excluding hydrogens is 586 g/mol. The first-order chi connectivity index (χ1) is 18.3. The molecule has 0 aliphatic carbocycles. The van der Waals surface area contributed by atoms with Gasteiger partial charge < -0.3 is 5.32 Å². The molecule has 1 N–H and O–H groups in total.